The second-order valence-corrected chi connectivity index (χ2v) is 5.96. The standard InChI is InChI=1S/C18H18N4O5/c19-15(23)12-3-5-13(6-4-12)20-16(24)18(26)22-9-7-21(8-10-22)17(25)14-2-1-11-27-14/h1-6,11H,7-10H2,(H2,19,23)(H,20,24). The molecular weight excluding hydrogens is 352 g/mol. The van der Waals surface area contributed by atoms with E-state index in [1.807, 2.05) is 0 Å². The largest absolute Gasteiger partial charge is 0.459 e. The summed E-state index contributed by atoms with van der Waals surface area (Å²) < 4.78 is 5.09. The first kappa shape index (κ1) is 18.2. The Kier molecular flexibility index (Phi) is 5.20. The average Bonchev–Trinajstić information content (AvgIpc) is 3.22. The van der Waals surface area contributed by atoms with E-state index in [0.29, 0.717) is 24.3 Å². The minimum Gasteiger partial charge on any atom is -0.459 e. The van der Waals surface area contributed by atoms with Gasteiger partial charge in [0.2, 0.25) is 5.91 Å². The molecule has 3 N–H and O–H groups in total. The number of hydrogen-bond donors (Lipinski definition) is 2. The van der Waals surface area contributed by atoms with Gasteiger partial charge in [0.05, 0.1) is 6.26 Å². The van der Waals surface area contributed by atoms with Crippen LogP contribution in [0.3, 0.4) is 0 Å². The molecule has 1 aliphatic heterocycles. The maximum absolute atomic E-state index is 12.3. The third kappa shape index (κ3) is 4.14. The third-order valence-electron chi connectivity index (χ3n) is 4.21. The fraction of sp³-hybridized carbons (Fsp3) is 0.222. The van der Waals surface area contributed by atoms with Gasteiger partial charge in [0.25, 0.3) is 5.91 Å². The van der Waals surface area contributed by atoms with Crippen LogP contribution in [-0.2, 0) is 9.59 Å². The number of piperazine rings is 1. The van der Waals surface area contributed by atoms with Gasteiger partial charge in [0, 0.05) is 37.4 Å². The zero-order valence-corrected chi connectivity index (χ0v) is 14.4. The molecule has 1 aromatic carbocycles. The lowest BCUT2D eigenvalue weighted by Gasteiger charge is -2.33. The molecule has 140 valence electrons. The van der Waals surface area contributed by atoms with E-state index in [9.17, 15) is 19.2 Å². The highest BCUT2D eigenvalue weighted by molar-refractivity contribution is 6.39. The van der Waals surface area contributed by atoms with Crippen molar-refractivity contribution in [3.63, 3.8) is 0 Å². The van der Waals surface area contributed by atoms with Crippen molar-refractivity contribution in [3.8, 4) is 0 Å². The van der Waals surface area contributed by atoms with E-state index < -0.39 is 17.7 Å². The Hall–Kier alpha value is -3.62. The van der Waals surface area contributed by atoms with Crippen LogP contribution in [0.2, 0.25) is 0 Å². The number of hydrogen-bond acceptors (Lipinski definition) is 5. The van der Waals surface area contributed by atoms with Crippen LogP contribution >= 0.6 is 0 Å². The van der Waals surface area contributed by atoms with E-state index in [1.54, 1.807) is 17.0 Å². The van der Waals surface area contributed by atoms with E-state index in [2.05, 4.69) is 5.32 Å². The fourth-order valence-electron chi connectivity index (χ4n) is 2.71. The number of amides is 4. The van der Waals surface area contributed by atoms with Crippen LogP contribution < -0.4 is 11.1 Å². The summed E-state index contributed by atoms with van der Waals surface area (Å²) >= 11 is 0. The number of carbonyl (C=O) groups excluding carboxylic acids is 4. The molecule has 0 bridgehead atoms. The van der Waals surface area contributed by atoms with Crippen molar-refractivity contribution < 1.29 is 23.6 Å². The first-order valence-electron chi connectivity index (χ1n) is 8.28. The molecule has 1 fully saturated rings. The summed E-state index contributed by atoms with van der Waals surface area (Å²) in [6, 6.07) is 9.11. The molecule has 3 rings (SSSR count). The molecule has 0 atom stereocenters. The summed E-state index contributed by atoms with van der Waals surface area (Å²) in [5.41, 5.74) is 5.84. The molecule has 9 heteroatoms. The molecule has 27 heavy (non-hydrogen) atoms. The number of rotatable bonds is 3. The van der Waals surface area contributed by atoms with Crippen molar-refractivity contribution >= 4 is 29.3 Å². The lowest BCUT2D eigenvalue weighted by Crippen LogP contribution is -2.52. The van der Waals surface area contributed by atoms with Gasteiger partial charge in [-0.2, -0.15) is 0 Å². The second-order valence-electron chi connectivity index (χ2n) is 5.96. The smallest absolute Gasteiger partial charge is 0.313 e. The Labute approximate surface area is 154 Å². The monoisotopic (exact) mass is 370 g/mol. The normalized spacial score (nSPS) is 13.9. The van der Waals surface area contributed by atoms with Gasteiger partial charge in [-0.15, -0.1) is 0 Å². The molecule has 9 nitrogen and oxygen atoms in total. The van der Waals surface area contributed by atoms with Crippen molar-refractivity contribution in [2.24, 2.45) is 5.73 Å². The highest BCUT2D eigenvalue weighted by Gasteiger charge is 2.29. The molecule has 1 saturated heterocycles. The quantitative estimate of drug-likeness (QED) is 0.752. The number of furan rings is 1. The minimum absolute atomic E-state index is 0.243. The lowest BCUT2D eigenvalue weighted by atomic mass is 10.2. The van der Waals surface area contributed by atoms with Gasteiger partial charge < -0.3 is 25.3 Å². The van der Waals surface area contributed by atoms with E-state index in [-0.39, 0.29) is 24.8 Å². The summed E-state index contributed by atoms with van der Waals surface area (Å²) in [5, 5.41) is 2.48. The maximum Gasteiger partial charge on any atom is 0.313 e. The molecule has 0 spiro atoms. The highest BCUT2D eigenvalue weighted by Crippen LogP contribution is 2.12. The van der Waals surface area contributed by atoms with E-state index in [4.69, 9.17) is 10.2 Å². The fourth-order valence-corrected chi connectivity index (χ4v) is 2.71. The Bertz CT molecular complexity index is 852. The van der Waals surface area contributed by atoms with Crippen molar-refractivity contribution in [1.82, 2.24) is 9.80 Å². The van der Waals surface area contributed by atoms with Crippen molar-refractivity contribution in [3.05, 3.63) is 54.0 Å². The lowest BCUT2D eigenvalue weighted by molar-refractivity contribution is -0.144. The van der Waals surface area contributed by atoms with Gasteiger partial charge in [-0.3, -0.25) is 19.2 Å². The van der Waals surface area contributed by atoms with Crippen LogP contribution in [0.25, 0.3) is 0 Å². The topological polar surface area (TPSA) is 126 Å². The van der Waals surface area contributed by atoms with Crippen molar-refractivity contribution in [2.45, 2.75) is 0 Å². The number of carbonyl (C=O) groups is 4. The van der Waals surface area contributed by atoms with Crippen molar-refractivity contribution in [2.75, 3.05) is 31.5 Å². The molecule has 0 unspecified atom stereocenters. The molecule has 0 saturated carbocycles. The van der Waals surface area contributed by atoms with Crippen LogP contribution in [0.5, 0.6) is 0 Å². The molecule has 2 aromatic rings. The summed E-state index contributed by atoms with van der Waals surface area (Å²) in [6.45, 7) is 1.12. The summed E-state index contributed by atoms with van der Waals surface area (Å²) in [5.74, 6) is -2.05. The number of nitrogens with one attached hydrogen (secondary N) is 1. The highest BCUT2D eigenvalue weighted by atomic mass is 16.3. The molecular formula is C18H18N4O5. The van der Waals surface area contributed by atoms with E-state index in [1.165, 1.54) is 35.4 Å². The predicted octanol–water partition coefficient (Wildman–Crippen LogP) is 0.302. The summed E-state index contributed by atoms with van der Waals surface area (Å²) in [6.07, 6.45) is 1.42. The van der Waals surface area contributed by atoms with E-state index >= 15 is 0 Å². The minimum atomic E-state index is -0.785. The molecule has 1 aliphatic rings. The van der Waals surface area contributed by atoms with Gasteiger partial charge in [-0.05, 0) is 36.4 Å². The number of anilines is 1. The Morgan fingerprint density at radius 1 is 0.926 bits per heavy atom. The SMILES string of the molecule is NC(=O)c1ccc(NC(=O)C(=O)N2CCN(C(=O)c3ccco3)CC2)cc1. The second kappa shape index (κ2) is 7.73. The third-order valence-corrected chi connectivity index (χ3v) is 4.21. The van der Waals surface area contributed by atoms with Gasteiger partial charge in [0.1, 0.15) is 0 Å². The summed E-state index contributed by atoms with van der Waals surface area (Å²) in [4.78, 5) is 50.6. The predicted molar refractivity (Wildman–Crippen MR) is 94.8 cm³/mol. The van der Waals surface area contributed by atoms with Crippen LogP contribution in [0.1, 0.15) is 20.9 Å². The molecule has 1 aromatic heterocycles. The average molecular weight is 370 g/mol. The van der Waals surface area contributed by atoms with Crippen molar-refractivity contribution in [1.29, 1.82) is 0 Å². The Balaban J connectivity index is 1.53. The molecule has 2 heterocycles. The Morgan fingerprint density at radius 3 is 2.11 bits per heavy atom. The van der Waals surface area contributed by atoms with Crippen LogP contribution in [-0.4, -0.2) is 59.6 Å². The van der Waals surface area contributed by atoms with Gasteiger partial charge in [-0.25, -0.2) is 0 Å². The van der Waals surface area contributed by atoms with E-state index in [0.717, 1.165) is 0 Å². The Morgan fingerprint density at radius 2 is 1.56 bits per heavy atom. The zero-order valence-electron chi connectivity index (χ0n) is 14.4. The van der Waals surface area contributed by atoms with Crippen LogP contribution in [0.4, 0.5) is 5.69 Å². The first-order chi connectivity index (χ1) is 13.0. The molecule has 0 aliphatic carbocycles. The first-order valence-corrected chi connectivity index (χ1v) is 8.28. The summed E-state index contributed by atoms with van der Waals surface area (Å²) in [7, 11) is 0. The van der Waals surface area contributed by atoms with Gasteiger partial charge in [0.15, 0.2) is 5.76 Å². The number of primary amides is 1. The number of nitrogens with zero attached hydrogens (tertiary/aromatic N) is 2. The maximum atomic E-state index is 12.3. The molecule has 4 amide bonds. The zero-order chi connectivity index (χ0) is 19.4. The van der Waals surface area contributed by atoms with Gasteiger partial charge >= 0.3 is 11.8 Å². The molecule has 0 radical (unpaired) electrons. The van der Waals surface area contributed by atoms with Crippen LogP contribution in [0, 0.1) is 0 Å². The van der Waals surface area contributed by atoms with Crippen LogP contribution in [0.15, 0.2) is 47.1 Å². The number of nitrogens with two attached hydrogens (primary N) is 1. The van der Waals surface area contributed by atoms with Gasteiger partial charge in [-0.1, -0.05) is 0 Å². The number of benzene rings is 1.